The topological polar surface area (TPSA) is 88.1 Å². The Morgan fingerprint density at radius 2 is 1.94 bits per heavy atom. The van der Waals surface area contributed by atoms with Crippen molar-refractivity contribution in [3.63, 3.8) is 0 Å². The first kappa shape index (κ1) is 23.6. The van der Waals surface area contributed by atoms with Crippen molar-refractivity contribution in [3.8, 4) is 11.5 Å². The number of rotatable bonds is 10. The summed E-state index contributed by atoms with van der Waals surface area (Å²) < 4.78 is 11.6. The molecule has 0 atom stereocenters. The zero-order chi connectivity index (χ0) is 23.1. The van der Waals surface area contributed by atoms with Gasteiger partial charge in [-0.2, -0.15) is 0 Å². The van der Waals surface area contributed by atoms with Gasteiger partial charge >= 0.3 is 5.97 Å². The Bertz CT molecular complexity index is 1040. The van der Waals surface area contributed by atoms with Crippen molar-refractivity contribution in [3.05, 3.63) is 64.3 Å². The Kier molecular flexibility index (Phi) is 8.08. The number of amides is 1. The van der Waals surface area contributed by atoms with E-state index in [9.17, 15) is 9.59 Å². The van der Waals surface area contributed by atoms with Crippen molar-refractivity contribution < 1.29 is 24.2 Å². The highest BCUT2D eigenvalue weighted by Gasteiger charge is 2.30. The highest BCUT2D eigenvalue weighted by atomic mass is 35.5. The number of carboxylic acids is 1. The van der Waals surface area contributed by atoms with E-state index < -0.39 is 5.97 Å². The molecule has 0 bridgehead atoms. The molecule has 0 aromatic heterocycles. The molecule has 1 amide bonds. The van der Waals surface area contributed by atoms with Crippen LogP contribution in [0.25, 0.3) is 6.08 Å². The molecule has 32 heavy (non-hydrogen) atoms. The fraction of sp³-hybridized carbons (Fsp3) is 0.261. The van der Waals surface area contributed by atoms with E-state index in [0.717, 1.165) is 11.1 Å². The third-order valence-corrected chi connectivity index (χ3v) is 5.20. The lowest BCUT2D eigenvalue weighted by Crippen LogP contribution is -2.31. The molecule has 168 valence electrons. The standard InChI is InChI=1S/C23H23ClN2O5S/c1-2-30-20-13-16(7-10-19(20)31-14-15-5-8-17(24)9-6-15)12-18-22(29)26(23(32)25-18)11-3-4-21(27)28/h5-10,12-13H,2-4,11,14H2,1H3,(H,25,32)(H,27,28). The van der Waals surface area contributed by atoms with Crippen molar-refractivity contribution in [2.45, 2.75) is 26.4 Å². The van der Waals surface area contributed by atoms with Crippen molar-refractivity contribution in [2.75, 3.05) is 13.2 Å². The Labute approximate surface area is 196 Å². The number of nitrogens with one attached hydrogen (secondary N) is 1. The number of halogens is 1. The number of carbonyl (C=O) groups is 2. The SMILES string of the molecule is CCOc1cc(C=C2NC(=S)N(CCCC(=O)O)C2=O)ccc1OCc1ccc(Cl)cc1. The molecule has 1 saturated heterocycles. The van der Waals surface area contributed by atoms with Crippen LogP contribution in [0.15, 0.2) is 48.2 Å². The van der Waals surface area contributed by atoms with Crippen LogP contribution in [0.4, 0.5) is 0 Å². The number of nitrogens with zero attached hydrogens (tertiary/aromatic N) is 1. The molecule has 2 aromatic rings. The Hall–Kier alpha value is -3.10. The van der Waals surface area contributed by atoms with Crippen LogP contribution >= 0.6 is 23.8 Å². The zero-order valence-corrected chi connectivity index (χ0v) is 19.0. The van der Waals surface area contributed by atoms with Crippen molar-refractivity contribution >= 4 is 46.9 Å². The molecule has 2 N–H and O–H groups in total. The van der Waals surface area contributed by atoms with Crippen molar-refractivity contribution in [1.29, 1.82) is 0 Å². The minimum atomic E-state index is -0.909. The quantitative estimate of drug-likeness (QED) is 0.393. The first-order chi connectivity index (χ1) is 15.4. The van der Waals surface area contributed by atoms with Gasteiger partial charge in [-0.15, -0.1) is 0 Å². The predicted octanol–water partition coefficient (Wildman–Crippen LogP) is 4.24. The third kappa shape index (κ3) is 6.21. The second kappa shape index (κ2) is 11.0. The summed E-state index contributed by atoms with van der Waals surface area (Å²) in [5, 5.41) is 12.6. The highest BCUT2D eigenvalue weighted by Crippen LogP contribution is 2.30. The summed E-state index contributed by atoms with van der Waals surface area (Å²) in [6, 6.07) is 12.8. The molecule has 3 rings (SSSR count). The monoisotopic (exact) mass is 474 g/mol. The maximum atomic E-state index is 12.7. The van der Waals surface area contributed by atoms with Crippen LogP contribution in [0.2, 0.25) is 5.02 Å². The number of benzene rings is 2. The molecule has 0 radical (unpaired) electrons. The van der Waals surface area contributed by atoms with E-state index in [2.05, 4.69) is 5.32 Å². The minimum absolute atomic E-state index is 0.0271. The van der Waals surface area contributed by atoms with Gasteiger partial charge < -0.3 is 19.9 Å². The lowest BCUT2D eigenvalue weighted by Gasteiger charge is -2.13. The zero-order valence-electron chi connectivity index (χ0n) is 17.5. The molecule has 1 aliphatic heterocycles. The summed E-state index contributed by atoms with van der Waals surface area (Å²) in [7, 11) is 0. The summed E-state index contributed by atoms with van der Waals surface area (Å²) in [6.07, 6.45) is 1.97. The van der Waals surface area contributed by atoms with Crippen LogP contribution in [0.3, 0.4) is 0 Å². The van der Waals surface area contributed by atoms with Gasteiger partial charge in [0, 0.05) is 18.0 Å². The van der Waals surface area contributed by atoms with Crippen molar-refractivity contribution in [2.24, 2.45) is 0 Å². The van der Waals surface area contributed by atoms with Crippen LogP contribution in [0, 0.1) is 0 Å². The normalized spacial score (nSPS) is 14.6. The van der Waals surface area contributed by atoms with E-state index in [1.54, 1.807) is 30.3 Å². The molecule has 2 aromatic carbocycles. The largest absolute Gasteiger partial charge is 0.490 e. The maximum absolute atomic E-state index is 12.7. The number of ether oxygens (including phenoxy) is 2. The van der Waals surface area contributed by atoms with E-state index in [1.165, 1.54) is 4.90 Å². The van der Waals surface area contributed by atoms with Crippen LogP contribution in [-0.4, -0.2) is 40.1 Å². The smallest absolute Gasteiger partial charge is 0.303 e. The van der Waals surface area contributed by atoms with E-state index >= 15 is 0 Å². The van der Waals surface area contributed by atoms with Crippen molar-refractivity contribution in [1.82, 2.24) is 10.2 Å². The first-order valence-electron chi connectivity index (χ1n) is 10.1. The minimum Gasteiger partial charge on any atom is -0.490 e. The second-order valence-electron chi connectivity index (χ2n) is 7.00. The van der Waals surface area contributed by atoms with Gasteiger partial charge in [-0.05, 0) is 67.0 Å². The van der Waals surface area contributed by atoms with E-state index in [0.29, 0.717) is 41.9 Å². The van der Waals surface area contributed by atoms with Gasteiger partial charge in [0.15, 0.2) is 16.6 Å². The molecule has 1 heterocycles. The summed E-state index contributed by atoms with van der Waals surface area (Å²) in [5.41, 5.74) is 2.03. The Morgan fingerprint density at radius 1 is 1.19 bits per heavy atom. The van der Waals surface area contributed by atoms with Gasteiger partial charge in [0.05, 0.1) is 6.61 Å². The van der Waals surface area contributed by atoms with Crippen LogP contribution in [0.1, 0.15) is 30.9 Å². The molecule has 1 aliphatic rings. The fourth-order valence-corrected chi connectivity index (χ4v) is 3.48. The summed E-state index contributed by atoms with van der Waals surface area (Å²) in [5.74, 6) is -0.0582. The van der Waals surface area contributed by atoms with Gasteiger partial charge in [-0.25, -0.2) is 0 Å². The van der Waals surface area contributed by atoms with Gasteiger partial charge in [-0.3, -0.25) is 14.5 Å². The summed E-state index contributed by atoms with van der Waals surface area (Å²) >= 11 is 11.1. The number of hydrogen-bond donors (Lipinski definition) is 2. The molecule has 0 spiro atoms. The summed E-state index contributed by atoms with van der Waals surface area (Å²) in [4.78, 5) is 24.7. The number of aliphatic carboxylic acids is 1. The lowest BCUT2D eigenvalue weighted by molar-refractivity contribution is -0.137. The predicted molar refractivity (Wildman–Crippen MR) is 126 cm³/mol. The van der Waals surface area contributed by atoms with Gasteiger partial charge in [0.25, 0.3) is 5.91 Å². The van der Waals surface area contributed by atoms with E-state index in [-0.39, 0.29) is 24.0 Å². The number of carboxylic acid groups (broad SMARTS) is 1. The Balaban J connectivity index is 1.72. The molecular formula is C23H23ClN2O5S. The summed E-state index contributed by atoms with van der Waals surface area (Å²) in [6.45, 7) is 2.94. The van der Waals surface area contributed by atoms with Crippen LogP contribution in [-0.2, 0) is 16.2 Å². The van der Waals surface area contributed by atoms with Crippen LogP contribution < -0.4 is 14.8 Å². The average molecular weight is 475 g/mol. The van der Waals surface area contributed by atoms with Gasteiger partial charge in [0.2, 0.25) is 0 Å². The van der Waals surface area contributed by atoms with Gasteiger partial charge in [0.1, 0.15) is 12.3 Å². The second-order valence-corrected chi connectivity index (χ2v) is 7.82. The maximum Gasteiger partial charge on any atom is 0.303 e. The fourth-order valence-electron chi connectivity index (χ4n) is 3.07. The number of thiocarbonyl (C=S) groups is 1. The molecular weight excluding hydrogens is 452 g/mol. The molecule has 7 nitrogen and oxygen atoms in total. The molecule has 9 heteroatoms. The molecule has 0 saturated carbocycles. The van der Waals surface area contributed by atoms with E-state index in [1.807, 2.05) is 25.1 Å². The highest BCUT2D eigenvalue weighted by molar-refractivity contribution is 7.80. The number of carbonyl (C=O) groups excluding carboxylic acids is 1. The number of hydrogen-bond acceptors (Lipinski definition) is 5. The lowest BCUT2D eigenvalue weighted by atomic mass is 10.1. The van der Waals surface area contributed by atoms with Gasteiger partial charge in [-0.1, -0.05) is 29.8 Å². The molecule has 0 aliphatic carbocycles. The first-order valence-corrected chi connectivity index (χ1v) is 10.9. The molecule has 0 unspecified atom stereocenters. The Morgan fingerprint density at radius 3 is 2.62 bits per heavy atom. The van der Waals surface area contributed by atoms with E-state index in [4.69, 9.17) is 38.4 Å². The molecule has 1 fully saturated rings. The average Bonchev–Trinajstić information content (AvgIpc) is 3.01. The van der Waals surface area contributed by atoms with Crippen LogP contribution in [0.5, 0.6) is 11.5 Å². The third-order valence-electron chi connectivity index (χ3n) is 4.62.